The van der Waals surface area contributed by atoms with Crippen LogP contribution in [0.15, 0.2) is 47.8 Å². The van der Waals surface area contributed by atoms with Gasteiger partial charge in [-0.05, 0) is 54.7 Å². The maximum absolute atomic E-state index is 14.4. The molecule has 26 heavy (non-hydrogen) atoms. The molecule has 1 N–H and O–H groups in total. The average molecular weight is 351 g/mol. The molecule has 1 atom stereocenters. The molecule has 1 aliphatic carbocycles. The van der Waals surface area contributed by atoms with Gasteiger partial charge in [0.05, 0.1) is 0 Å². The third-order valence-corrected chi connectivity index (χ3v) is 5.30. The van der Waals surface area contributed by atoms with Crippen LogP contribution in [0.5, 0.6) is 0 Å². The Kier molecular flexibility index (Phi) is 4.45. The predicted molar refractivity (Wildman–Crippen MR) is 103 cm³/mol. The van der Waals surface area contributed by atoms with Crippen molar-refractivity contribution in [3.05, 3.63) is 59.5 Å². The quantitative estimate of drug-likeness (QED) is 0.836. The minimum Gasteiger partial charge on any atom is -0.366 e. The summed E-state index contributed by atoms with van der Waals surface area (Å²) in [6.07, 6.45) is 9.34. The van der Waals surface area contributed by atoms with Crippen molar-refractivity contribution in [1.82, 2.24) is 4.90 Å². The van der Waals surface area contributed by atoms with E-state index < -0.39 is 0 Å². The number of halogens is 1. The highest BCUT2D eigenvalue weighted by molar-refractivity contribution is 5.94. The van der Waals surface area contributed by atoms with Crippen molar-refractivity contribution in [3.63, 3.8) is 0 Å². The zero-order chi connectivity index (χ0) is 18.1. The summed E-state index contributed by atoms with van der Waals surface area (Å²) in [5.41, 5.74) is 4.73. The van der Waals surface area contributed by atoms with Gasteiger partial charge < -0.3 is 10.2 Å². The molecule has 2 heterocycles. The number of hydrogen-bond donors (Lipinski definition) is 1. The Balaban J connectivity index is 1.74. The Hall–Kier alpha value is -2.69. The second-order valence-electron chi connectivity index (χ2n) is 6.90. The Morgan fingerprint density at radius 2 is 2.19 bits per heavy atom. The first-order valence-electron chi connectivity index (χ1n) is 9.07. The van der Waals surface area contributed by atoms with Crippen molar-refractivity contribution in [2.24, 2.45) is 4.99 Å². The summed E-state index contributed by atoms with van der Waals surface area (Å²) in [6.45, 7) is 5.51. The molecule has 2 aliphatic heterocycles. The Labute approximate surface area is 152 Å². The van der Waals surface area contributed by atoms with E-state index in [0.717, 1.165) is 48.2 Å². The number of carbonyl (C=O) groups is 1. The molecule has 5 heteroatoms. The summed E-state index contributed by atoms with van der Waals surface area (Å²) in [5, 5.41) is 3.36. The molecule has 1 amide bonds. The van der Waals surface area contributed by atoms with Gasteiger partial charge in [-0.3, -0.25) is 9.79 Å². The molecule has 1 unspecified atom stereocenters. The molecule has 1 aromatic carbocycles. The molecule has 0 bridgehead atoms. The normalized spacial score (nSPS) is 21.6. The zero-order valence-electron chi connectivity index (χ0n) is 14.7. The number of nitrogens with zero attached hydrogens (tertiary/aromatic N) is 2. The van der Waals surface area contributed by atoms with E-state index in [2.05, 4.69) is 23.0 Å². The number of amides is 1. The highest BCUT2D eigenvalue weighted by Crippen LogP contribution is 2.39. The van der Waals surface area contributed by atoms with Crippen LogP contribution in [0.1, 0.15) is 41.9 Å². The smallest absolute Gasteiger partial charge is 0.245 e. The molecular weight excluding hydrogens is 329 g/mol. The second kappa shape index (κ2) is 6.90. The molecular formula is C21H22FN3O. The lowest BCUT2D eigenvalue weighted by Gasteiger charge is -2.23. The van der Waals surface area contributed by atoms with E-state index in [1.165, 1.54) is 6.08 Å². The maximum atomic E-state index is 14.4. The number of aliphatic imine (C=N–C) groups is 1. The predicted octanol–water partition coefficient (Wildman–Crippen LogP) is 4.02. The summed E-state index contributed by atoms with van der Waals surface area (Å²) in [6, 6.07) is 4.09. The van der Waals surface area contributed by atoms with Crippen molar-refractivity contribution in [2.75, 3.05) is 25.1 Å². The third-order valence-electron chi connectivity index (χ3n) is 5.30. The molecule has 0 radical (unpaired) electrons. The number of carbonyl (C=O) groups excluding carboxylic acids is 1. The molecule has 1 aromatic rings. The topological polar surface area (TPSA) is 44.7 Å². The number of nitrogens with one attached hydrogen (secondary N) is 1. The first-order valence-corrected chi connectivity index (χ1v) is 9.07. The minimum atomic E-state index is -0.155. The van der Waals surface area contributed by atoms with Gasteiger partial charge in [0.2, 0.25) is 5.91 Å². The molecule has 4 rings (SSSR count). The first-order chi connectivity index (χ1) is 12.7. The van der Waals surface area contributed by atoms with E-state index in [0.29, 0.717) is 18.8 Å². The number of anilines is 1. The molecule has 134 valence electrons. The fraction of sp³-hybridized carbons (Fsp3) is 0.333. The molecule has 3 aliphatic rings. The van der Waals surface area contributed by atoms with Crippen molar-refractivity contribution in [1.29, 1.82) is 0 Å². The van der Waals surface area contributed by atoms with Gasteiger partial charge in [-0.15, -0.1) is 0 Å². The van der Waals surface area contributed by atoms with Gasteiger partial charge in [-0.2, -0.15) is 0 Å². The van der Waals surface area contributed by atoms with Crippen LogP contribution in [0.2, 0.25) is 0 Å². The number of rotatable bonds is 3. The second-order valence-corrected chi connectivity index (χ2v) is 6.90. The van der Waals surface area contributed by atoms with E-state index >= 15 is 0 Å². The standard InChI is InChI=1S/C21H22FN3O/c1-2-20(26)25-8-7-14(12-25)18-10-15(17-5-3-4-6-19(17)22)9-16-11-23-13-24-21(16)18/h2,5-6,9-11,14,24H,1,3-4,7-8,12-13H2. The van der Waals surface area contributed by atoms with Crippen molar-refractivity contribution in [2.45, 2.75) is 25.2 Å². The van der Waals surface area contributed by atoms with Crippen LogP contribution in [0, 0.1) is 0 Å². The summed E-state index contributed by atoms with van der Waals surface area (Å²) in [5.74, 6) is 0.0385. The Bertz CT molecular complexity index is 853. The first kappa shape index (κ1) is 16.8. The minimum absolute atomic E-state index is 0.0315. The SMILES string of the molecule is C=CC(=O)N1CCC(c2cc(C3=CCCC=C3F)cc3c2NCN=C3)C1. The molecule has 0 aromatic heterocycles. The fourth-order valence-electron chi connectivity index (χ4n) is 3.98. The summed E-state index contributed by atoms with van der Waals surface area (Å²) in [4.78, 5) is 18.1. The van der Waals surface area contributed by atoms with Crippen molar-refractivity contribution >= 4 is 23.4 Å². The molecule has 1 fully saturated rings. The van der Waals surface area contributed by atoms with Gasteiger partial charge >= 0.3 is 0 Å². The van der Waals surface area contributed by atoms with Gasteiger partial charge in [-0.25, -0.2) is 4.39 Å². The van der Waals surface area contributed by atoms with Crippen LogP contribution in [-0.4, -0.2) is 36.8 Å². The van der Waals surface area contributed by atoms with Crippen LogP contribution in [-0.2, 0) is 4.79 Å². The van der Waals surface area contributed by atoms with Gasteiger partial charge in [-0.1, -0.05) is 12.7 Å². The van der Waals surface area contributed by atoms with E-state index in [1.807, 2.05) is 23.3 Å². The van der Waals surface area contributed by atoms with E-state index in [9.17, 15) is 9.18 Å². The number of fused-ring (bicyclic) bond motifs is 1. The largest absolute Gasteiger partial charge is 0.366 e. The molecule has 4 nitrogen and oxygen atoms in total. The summed E-state index contributed by atoms with van der Waals surface area (Å²) < 4.78 is 14.4. The maximum Gasteiger partial charge on any atom is 0.245 e. The molecule has 1 saturated heterocycles. The van der Waals surface area contributed by atoms with Gasteiger partial charge in [0.15, 0.2) is 0 Å². The summed E-state index contributed by atoms with van der Waals surface area (Å²) in [7, 11) is 0. The lowest BCUT2D eigenvalue weighted by Crippen LogP contribution is -2.26. The number of allylic oxidation sites excluding steroid dienone is 4. The van der Waals surface area contributed by atoms with Crippen LogP contribution in [0.4, 0.5) is 10.1 Å². The Morgan fingerprint density at radius 3 is 3.00 bits per heavy atom. The van der Waals surface area contributed by atoms with Crippen LogP contribution >= 0.6 is 0 Å². The molecule has 0 saturated carbocycles. The van der Waals surface area contributed by atoms with Crippen LogP contribution < -0.4 is 5.32 Å². The van der Waals surface area contributed by atoms with E-state index in [1.54, 1.807) is 6.08 Å². The monoisotopic (exact) mass is 351 g/mol. The third kappa shape index (κ3) is 2.98. The van der Waals surface area contributed by atoms with E-state index in [-0.39, 0.29) is 17.7 Å². The summed E-state index contributed by atoms with van der Waals surface area (Å²) >= 11 is 0. The van der Waals surface area contributed by atoms with Crippen molar-refractivity contribution < 1.29 is 9.18 Å². The van der Waals surface area contributed by atoms with Gasteiger partial charge in [0.25, 0.3) is 0 Å². The highest BCUT2D eigenvalue weighted by Gasteiger charge is 2.29. The van der Waals surface area contributed by atoms with Crippen LogP contribution in [0.25, 0.3) is 5.57 Å². The zero-order valence-corrected chi connectivity index (χ0v) is 14.7. The Morgan fingerprint density at radius 1 is 1.35 bits per heavy atom. The lowest BCUT2D eigenvalue weighted by molar-refractivity contribution is -0.125. The number of benzene rings is 1. The molecule has 0 spiro atoms. The van der Waals surface area contributed by atoms with Gasteiger partial charge in [0.1, 0.15) is 12.5 Å². The van der Waals surface area contributed by atoms with Crippen molar-refractivity contribution in [3.8, 4) is 0 Å². The van der Waals surface area contributed by atoms with E-state index in [4.69, 9.17) is 0 Å². The number of hydrogen-bond acceptors (Lipinski definition) is 3. The lowest BCUT2D eigenvalue weighted by atomic mass is 9.88. The highest BCUT2D eigenvalue weighted by atomic mass is 19.1. The van der Waals surface area contributed by atoms with Crippen LogP contribution in [0.3, 0.4) is 0 Å². The average Bonchev–Trinajstić information content (AvgIpc) is 3.17. The van der Waals surface area contributed by atoms with Gasteiger partial charge in [0, 0.05) is 42.0 Å². The number of likely N-dealkylation sites (tertiary alicyclic amines) is 1. The fourth-order valence-corrected chi connectivity index (χ4v) is 3.98.